The first kappa shape index (κ1) is 14.2. The minimum absolute atomic E-state index is 0.0628. The molecule has 0 aliphatic rings. The van der Waals surface area contributed by atoms with Crippen LogP contribution in [-0.4, -0.2) is 28.2 Å². The second-order valence-electron chi connectivity index (χ2n) is 3.68. The molecule has 4 N–H and O–H groups in total. The second-order valence-corrected chi connectivity index (χ2v) is 4.11. The van der Waals surface area contributed by atoms with E-state index in [0.29, 0.717) is 10.6 Å². The van der Waals surface area contributed by atoms with Crippen molar-refractivity contribution in [1.29, 1.82) is 0 Å². The van der Waals surface area contributed by atoms with Gasteiger partial charge in [-0.15, -0.1) is 0 Å². The second kappa shape index (κ2) is 6.18. The van der Waals surface area contributed by atoms with E-state index in [1.807, 2.05) is 0 Å². The lowest BCUT2D eigenvalue weighted by molar-refractivity contribution is -0.138. The molecule has 0 amide bonds. The van der Waals surface area contributed by atoms with E-state index in [4.69, 9.17) is 27.5 Å². The highest BCUT2D eigenvalue weighted by Gasteiger charge is 2.17. The quantitative estimate of drug-likeness (QED) is 0.705. The van der Waals surface area contributed by atoms with Crippen LogP contribution in [0.1, 0.15) is 12.0 Å². The highest BCUT2D eigenvalue weighted by Crippen LogP contribution is 2.15. The van der Waals surface area contributed by atoms with Gasteiger partial charge in [-0.1, -0.05) is 23.7 Å². The molecule has 0 aliphatic heterocycles. The average Bonchev–Trinajstić information content (AvgIpc) is 2.30. The first-order valence-electron chi connectivity index (χ1n) is 5.08. The third-order valence-electron chi connectivity index (χ3n) is 2.24. The molecule has 96 valence electrons. The normalized spacial score (nSPS) is 13.1. The number of halogens is 1. The largest absolute Gasteiger partial charge is 0.480 e. The minimum atomic E-state index is -1.24. The SMILES string of the molecule is N[C@@H](C/C(=C\c1ccc(Cl)cc1)C(=O)O)C(=O)O. The van der Waals surface area contributed by atoms with Crippen LogP contribution < -0.4 is 5.73 Å². The van der Waals surface area contributed by atoms with Crippen LogP contribution in [0.4, 0.5) is 0 Å². The number of carboxylic acid groups (broad SMARTS) is 2. The Bertz CT molecular complexity index is 481. The van der Waals surface area contributed by atoms with Crippen LogP contribution in [0.5, 0.6) is 0 Å². The van der Waals surface area contributed by atoms with Gasteiger partial charge in [-0.05, 0) is 23.8 Å². The van der Waals surface area contributed by atoms with Crippen LogP contribution >= 0.6 is 11.6 Å². The van der Waals surface area contributed by atoms with Gasteiger partial charge >= 0.3 is 11.9 Å². The Labute approximate surface area is 108 Å². The smallest absolute Gasteiger partial charge is 0.331 e. The molecule has 0 spiro atoms. The first-order chi connectivity index (χ1) is 8.40. The van der Waals surface area contributed by atoms with Gasteiger partial charge in [-0.25, -0.2) is 4.79 Å². The molecular formula is C12H12ClNO4. The molecule has 1 aromatic carbocycles. The van der Waals surface area contributed by atoms with Gasteiger partial charge in [0.05, 0.1) is 0 Å². The fourth-order valence-electron chi connectivity index (χ4n) is 1.29. The third kappa shape index (κ3) is 4.20. The molecule has 0 bridgehead atoms. The molecule has 1 aromatic rings. The maximum absolute atomic E-state index is 11.0. The summed E-state index contributed by atoms with van der Waals surface area (Å²) in [5.41, 5.74) is 5.87. The molecule has 0 fully saturated rings. The summed E-state index contributed by atoms with van der Waals surface area (Å²) >= 11 is 5.70. The monoisotopic (exact) mass is 269 g/mol. The van der Waals surface area contributed by atoms with Crippen molar-refractivity contribution in [2.75, 3.05) is 0 Å². The van der Waals surface area contributed by atoms with Gasteiger partial charge in [0.15, 0.2) is 0 Å². The van der Waals surface area contributed by atoms with Crippen molar-refractivity contribution in [3.05, 3.63) is 40.4 Å². The van der Waals surface area contributed by atoms with Gasteiger partial charge < -0.3 is 15.9 Å². The van der Waals surface area contributed by atoms with Crippen LogP contribution in [0.3, 0.4) is 0 Å². The molecular weight excluding hydrogens is 258 g/mol. The topological polar surface area (TPSA) is 101 Å². The summed E-state index contributed by atoms with van der Waals surface area (Å²) in [6.07, 6.45) is 1.13. The Kier molecular flexibility index (Phi) is 4.88. The molecule has 0 aromatic heterocycles. The van der Waals surface area contributed by atoms with Crippen molar-refractivity contribution in [2.45, 2.75) is 12.5 Å². The highest BCUT2D eigenvalue weighted by molar-refractivity contribution is 6.30. The van der Waals surface area contributed by atoms with E-state index in [2.05, 4.69) is 0 Å². The molecule has 0 saturated heterocycles. The van der Waals surface area contributed by atoms with Crippen LogP contribution in [0, 0.1) is 0 Å². The lowest BCUT2D eigenvalue weighted by Crippen LogP contribution is -2.31. The summed E-state index contributed by atoms with van der Waals surface area (Å²) < 4.78 is 0. The van der Waals surface area contributed by atoms with Crippen LogP contribution in [-0.2, 0) is 9.59 Å². The van der Waals surface area contributed by atoms with Crippen molar-refractivity contribution in [1.82, 2.24) is 0 Å². The Balaban J connectivity index is 2.94. The average molecular weight is 270 g/mol. The van der Waals surface area contributed by atoms with E-state index in [9.17, 15) is 9.59 Å². The highest BCUT2D eigenvalue weighted by atomic mass is 35.5. The van der Waals surface area contributed by atoms with Gasteiger partial charge in [0, 0.05) is 17.0 Å². The van der Waals surface area contributed by atoms with Crippen molar-refractivity contribution in [3.8, 4) is 0 Å². The number of carboxylic acids is 2. The fraction of sp³-hybridized carbons (Fsp3) is 0.167. The molecule has 0 heterocycles. The fourth-order valence-corrected chi connectivity index (χ4v) is 1.42. The Hall–Kier alpha value is -1.85. The zero-order valence-electron chi connectivity index (χ0n) is 9.34. The summed E-state index contributed by atoms with van der Waals surface area (Å²) in [5, 5.41) is 18.2. The summed E-state index contributed by atoms with van der Waals surface area (Å²) in [4.78, 5) is 21.6. The molecule has 0 unspecified atom stereocenters. The Morgan fingerprint density at radius 2 is 1.83 bits per heavy atom. The molecule has 18 heavy (non-hydrogen) atoms. The van der Waals surface area contributed by atoms with Crippen LogP contribution in [0.2, 0.25) is 5.02 Å². The van der Waals surface area contributed by atoms with E-state index in [-0.39, 0.29) is 12.0 Å². The maximum atomic E-state index is 11.0. The minimum Gasteiger partial charge on any atom is -0.480 e. The molecule has 0 saturated carbocycles. The number of rotatable bonds is 5. The molecule has 1 atom stereocenters. The van der Waals surface area contributed by atoms with E-state index in [1.54, 1.807) is 24.3 Å². The van der Waals surface area contributed by atoms with Crippen molar-refractivity contribution in [3.63, 3.8) is 0 Å². The van der Waals surface area contributed by atoms with Crippen molar-refractivity contribution >= 4 is 29.6 Å². The number of hydrogen-bond acceptors (Lipinski definition) is 3. The maximum Gasteiger partial charge on any atom is 0.331 e. The molecule has 6 heteroatoms. The van der Waals surface area contributed by atoms with Crippen LogP contribution in [0.25, 0.3) is 6.08 Å². The first-order valence-corrected chi connectivity index (χ1v) is 5.45. The number of carbonyl (C=O) groups is 2. The van der Waals surface area contributed by atoms with E-state index in [1.165, 1.54) is 6.08 Å². The zero-order chi connectivity index (χ0) is 13.7. The Morgan fingerprint density at radius 3 is 2.28 bits per heavy atom. The zero-order valence-corrected chi connectivity index (χ0v) is 10.1. The predicted molar refractivity (Wildman–Crippen MR) is 67.3 cm³/mol. The van der Waals surface area contributed by atoms with Gasteiger partial charge in [0.1, 0.15) is 6.04 Å². The summed E-state index contributed by atoms with van der Waals surface area (Å²) in [7, 11) is 0. The molecule has 0 aliphatic carbocycles. The number of aliphatic carboxylic acids is 2. The number of nitrogens with two attached hydrogens (primary N) is 1. The van der Waals surface area contributed by atoms with Gasteiger partial charge in [0.2, 0.25) is 0 Å². The van der Waals surface area contributed by atoms with Gasteiger partial charge in [-0.3, -0.25) is 4.79 Å². The molecule has 1 rings (SSSR count). The van der Waals surface area contributed by atoms with Gasteiger partial charge in [0.25, 0.3) is 0 Å². The third-order valence-corrected chi connectivity index (χ3v) is 2.49. The lowest BCUT2D eigenvalue weighted by atomic mass is 10.0. The van der Waals surface area contributed by atoms with E-state index in [0.717, 1.165) is 0 Å². The summed E-state index contributed by atoms with van der Waals surface area (Å²) in [6, 6.07) is 5.27. The van der Waals surface area contributed by atoms with Crippen molar-refractivity contribution in [2.24, 2.45) is 5.73 Å². The van der Waals surface area contributed by atoms with E-state index >= 15 is 0 Å². The van der Waals surface area contributed by atoms with E-state index < -0.39 is 18.0 Å². The Morgan fingerprint density at radius 1 is 1.28 bits per heavy atom. The molecule has 5 nitrogen and oxygen atoms in total. The lowest BCUT2D eigenvalue weighted by Gasteiger charge is -2.07. The van der Waals surface area contributed by atoms with Crippen LogP contribution in [0.15, 0.2) is 29.8 Å². The van der Waals surface area contributed by atoms with Crippen molar-refractivity contribution < 1.29 is 19.8 Å². The standard InChI is InChI=1S/C12H12ClNO4/c13-9-3-1-7(2-4-9)5-8(11(15)16)6-10(14)12(17)18/h1-5,10H,6,14H2,(H,15,16)(H,17,18)/b8-5+/t10-/m0/s1. The summed E-state index contributed by atoms with van der Waals surface area (Å²) in [6.45, 7) is 0. The van der Waals surface area contributed by atoms with Gasteiger partial charge in [-0.2, -0.15) is 0 Å². The molecule has 0 radical (unpaired) electrons. The number of hydrogen-bond donors (Lipinski definition) is 3. The summed E-state index contributed by atoms with van der Waals surface area (Å²) in [5.74, 6) is -2.43. The predicted octanol–water partition coefficient (Wildman–Crippen LogP) is 1.61. The number of benzene rings is 1.